The summed E-state index contributed by atoms with van der Waals surface area (Å²) < 4.78 is 42.0. The van der Waals surface area contributed by atoms with Gasteiger partial charge in [-0.2, -0.15) is 0 Å². The van der Waals surface area contributed by atoms with E-state index in [-0.39, 0.29) is 10.6 Å². The zero-order valence-electron chi connectivity index (χ0n) is 10.2. The molecule has 0 radical (unpaired) electrons. The number of nitrogens with one attached hydrogen (secondary N) is 1. The van der Waals surface area contributed by atoms with Gasteiger partial charge in [0.05, 0.1) is 11.4 Å². The van der Waals surface area contributed by atoms with Crippen LogP contribution < -0.4 is 10.5 Å². The van der Waals surface area contributed by atoms with Crippen molar-refractivity contribution in [3.05, 3.63) is 49.6 Å². The number of nitrogen functional groups attached to an aromatic ring is 1. The minimum absolute atomic E-state index is 0.160. The summed E-state index contributed by atoms with van der Waals surface area (Å²) in [6.45, 7) is 0. The van der Waals surface area contributed by atoms with Crippen LogP contribution in [0.3, 0.4) is 0 Å². The van der Waals surface area contributed by atoms with Crippen LogP contribution in [0.5, 0.6) is 0 Å². The van der Waals surface area contributed by atoms with Gasteiger partial charge in [-0.1, -0.05) is 15.9 Å². The second kappa shape index (κ2) is 6.23. The standard InChI is InChI=1S/C12H8Br3FN2O2S/c13-6-3-8(14)12(9(15)4-6)18-21(19,20)11-2-1-7(16)5-10(11)17/h1-5,18H,17H2. The first kappa shape index (κ1) is 16.7. The Kier molecular flexibility index (Phi) is 4.96. The number of sulfonamides is 1. The lowest BCUT2D eigenvalue weighted by atomic mass is 10.3. The second-order valence-electron chi connectivity index (χ2n) is 4.03. The predicted octanol–water partition coefficient (Wildman–Crippen LogP) is 4.50. The fourth-order valence-electron chi connectivity index (χ4n) is 1.59. The number of hydrogen-bond donors (Lipinski definition) is 2. The van der Waals surface area contributed by atoms with Gasteiger partial charge >= 0.3 is 0 Å². The van der Waals surface area contributed by atoms with Gasteiger partial charge in [0.15, 0.2) is 0 Å². The summed E-state index contributed by atoms with van der Waals surface area (Å²) in [5, 5.41) is 0. The van der Waals surface area contributed by atoms with Gasteiger partial charge in [-0.05, 0) is 62.2 Å². The highest BCUT2D eigenvalue weighted by Gasteiger charge is 2.20. The molecule has 3 N–H and O–H groups in total. The molecule has 112 valence electrons. The second-order valence-corrected chi connectivity index (χ2v) is 8.31. The van der Waals surface area contributed by atoms with Crippen LogP contribution in [0.1, 0.15) is 0 Å². The summed E-state index contributed by atoms with van der Waals surface area (Å²) in [7, 11) is -3.94. The number of nitrogens with two attached hydrogens (primary N) is 1. The van der Waals surface area contributed by atoms with E-state index >= 15 is 0 Å². The first-order valence-electron chi connectivity index (χ1n) is 5.43. The molecule has 0 aliphatic carbocycles. The highest BCUT2D eigenvalue weighted by Crippen LogP contribution is 2.36. The van der Waals surface area contributed by atoms with Gasteiger partial charge < -0.3 is 5.73 Å². The third-order valence-electron chi connectivity index (χ3n) is 2.50. The van der Waals surface area contributed by atoms with Crippen LogP contribution in [-0.4, -0.2) is 8.42 Å². The van der Waals surface area contributed by atoms with Crippen molar-refractivity contribution in [2.24, 2.45) is 0 Å². The van der Waals surface area contributed by atoms with E-state index in [0.29, 0.717) is 14.6 Å². The third kappa shape index (κ3) is 3.77. The predicted molar refractivity (Wildman–Crippen MR) is 91.2 cm³/mol. The maximum atomic E-state index is 13.0. The summed E-state index contributed by atoms with van der Waals surface area (Å²) >= 11 is 9.84. The molecule has 2 aromatic carbocycles. The quantitative estimate of drug-likeness (QED) is 0.607. The van der Waals surface area contributed by atoms with Crippen molar-refractivity contribution < 1.29 is 12.8 Å². The van der Waals surface area contributed by atoms with E-state index in [1.54, 1.807) is 12.1 Å². The average molecular weight is 503 g/mol. The summed E-state index contributed by atoms with van der Waals surface area (Å²) in [5.74, 6) is -0.600. The molecule has 9 heteroatoms. The highest BCUT2D eigenvalue weighted by molar-refractivity contribution is 9.11. The average Bonchev–Trinajstić information content (AvgIpc) is 2.33. The van der Waals surface area contributed by atoms with Gasteiger partial charge in [-0.15, -0.1) is 0 Å². The minimum atomic E-state index is -3.94. The lowest BCUT2D eigenvalue weighted by molar-refractivity contribution is 0.600. The van der Waals surface area contributed by atoms with Gasteiger partial charge in [0.25, 0.3) is 10.0 Å². The van der Waals surface area contributed by atoms with Crippen molar-refractivity contribution in [2.45, 2.75) is 4.90 Å². The number of hydrogen-bond acceptors (Lipinski definition) is 3. The van der Waals surface area contributed by atoms with Crippen LogP contribution in [0.25, 0.3) is 0 Å². The summed E-state index contributed by atoms with van der Waals surface area (Å²) in [6, 6.07) is 6.50. The fraction of sp³-hybridized carbons (Fsp3) is 0. The van der Waals surface area contributed by atoms with Crippen LogP contribution in [-0.2, 0) is 10.0 Å². The Bertz CT molecular complexity index is 789. The number of halogens is 4. The van der Waals surface area contributed by atoms with E-state index < -0.39 is 15.8 Å². The molecule has 4 nitrogen and oxygen atoms in total. The molecule has 0 fully saturated rings. The molecule has 0 amide bonds. The van der Waals surface area contributed by atoms with Crippen molar-refractivity contribution in [3.8, 4) is 0 Å². The molecule has 0 aromatic heterocycles. The monoisotopic (exact) mass is 500 g/mol. The normalized spacial score (nSPS) is 11.4. The molecule has 0 saturated heterocycles. The van der Waals surface area contributed by atoms with E-state index in [2.05, 4.69) is 52.5 Å². The van der Waals surface area contributed by atoms with Crippen LogP contribution in [0.15, 0.2) is 48.6 Å². The molecular weight excluding hydrogens is 495 g/mol. The summed E-state index contributed by atoms with van der Waals surface area (Å²) in [4.78, 5) is -0.189. The van der Waals surface area contributed by atoms with E-state index in [0.717, 1.165) is 22.7 Å². The molecule has 2 rings (SSSR count). The number of benzene rings is 2. The Morgan fingerprint density at radius 1 is 1.05 bits per heavy atom. The Morgan fingerprint density at radius 3 is 2.14 bits per heavy atom. The molecule has 0 unspecified atom stereocenters. The maximum Gasteiger partial charge on any atom is 0.264 e. The van der Waals surface area contributed by atoms with Crippen molar-refractivity contribution in [3.63, 3.8) is 0 Å². The molecule has 0 aliphatic heterocycles. The lowest BCUT2D eigenvalue weighted by Gasteiger charge is -2.13. The summed E-state index contributed by atoms with van der Waals surface area (Å²) in [6.07, 6.45) is 0. The van der Waals surface area contributed by atoms with Crippen LogP contribution in [0, 0.1) is 5.82 Å². The molecular formula is C12H8Br3FN2O2S. The first-order chi connectivity index (χ1) is 9.70. The molecule has 0 bridgehead atoms. The van der Waals surface area contributed by atoms with Gasteiger partial charge in [0.1, 0.15) is 10.7 Å². The summed E-state index contributed by atoms with van der Waals surface area (Å²) in [5.41, 5.74) is 5.73. The Hall–Kier alpha value is -0.640. The Balaban J connectivity index is 2.47. The van der Waals surface area contributed by atoms with E-state index in [9.17, 15) is 12.8 Å². The topological polar surface area (TPSA) is 72.2 Å². The molecule has 0 aliphatic rings. The Morgan fingerprint density at radius 2 is 1.62 bits per heavy atom. The van der Waals surface area contributed by atoms with Crippen LogP contribution in [0.2, 0.25) is 0 Å². The van der Waals surface area contributed by atoms with Crippen molar-refractivity contribution in [1.82, 2.24) is 0 Å². The van der Waals surface area contributed by atoms with Gasteiger partial charge in [0, 0.05) is 13.4 Å². The number of rotatable bonds is 3. The molecule has 0 heterocycles. The third-order valence-corrected chi connectivity index (χ3v) is 5.64. The van der Waals surface area contributed by atoms with Crippen LogP contribution >= 0.6 is 47.8 Å². The molecule has 0 spiro atoms. The highest BCUT2D eigenvalue weighted by atomic mass is 79.9. The van der Waals surface area contributed by atoms with Crippen molar-refractivity contribution >= 4 is 69.2 Å². The zero-order chi connectivity index (χ0) is 15.8. The van der Waals surface area contributed by atoms with E-state index in [1.165, 1.54) is 0 Å². The lowest BCUT2D eigenvalue weighted by Crippen LogP contribution is -2.15. The van der Waals surface area contributed by atoms with E-state index in [1.807, 2.05) is 0 Å². The molecule has 0 saturated carbocycles. The minimum Gasteiger partial charge on any atom is -0.398 e. The van der Waals surface area contributed by atoms with Gasteiger partial charge in [-0.25, -0.2) is 12.8 Å². The maximum absolute atomic E-state index is 13.0. The number of anilines is 2. The van der Waals surface area contributed by atoms with Crippen LogP contribution in [0.4, 0.5) is 15.8 Å². The fourth-order valence-corrected chi connectivity index (χ4v) is 5.53. The molecule has 0 atom stereocenters. The van der Waals surface area contributed by atoms with Crippen molar-refractivity contribution in [2.75, 3.05) is 10.5 Å². The van der Waals surface area contributed by atoms with Gasteiger partial charge in [0.2, 0.25) is 0 Å². The molecule has 21 heavy (non-hydrogen) atoms. The SMILES string of the molecule is Nc1cc(F)ccc1S(=O)(=O)Nc1c(Br)cc(Br)cc1Br. The first-order valence-corrected chi connectivity index (χ1v) is 9.29. The largest absolute Gasteiger partial charge is 0.398 e. The van der Waals surface area contributed by atoms with Crippen molar-refractivity contribution in [1.29, 1.82) is 0 Å². The Labute approximate surface area is 146 Å². The molecule has 2 aromatic rings. The van der Waals surface area contributed by atoms with Gasteiger partial charge in [-0.3, -0.25) is 4.72 Å². The smallest absolute Gasteiger partial charge is 0.264 e. The zero-order valence-corrected chi connectivity index (χ0v) is 15.8. The van der Waals surface area contributed by atoms with E-state index in [4.69, 9.17) is 5.73 Å².